The number of benzene rings is 1. The second-order valence-corrected chi connectivity index (χ2v) is 4.45. The van der Waals surface area contributed by atoms with Gasteiger partial charge in [-0.15, -0.1) is 0 Å². The minimum atomic E-state index is 0.159. The van der Waals surface area contributed by atoms with Crippen LogP contribution in [-0.2, 0) is 5.41 Å². The van der Waals surface area contributed by atoms with Crippen LogP contribution in [0.15, 0.2) is 36.7 Å². The maximum absolute atomic E-state index is 3.20. The van der Waals surface area contributed by atoms with Crippen LogP contribution in [0.2, 0.25) is 0 Å². The first-order valence-corrected chi connectivity index (χ1v) is 4.98. The van der Waals surface area contributed by atoms with Gasteiger partial charge in [-0.2, -0.15) is 0 Å². The summed E-state index contributed by atoms with van der Waals surface area (Å²) in [5.74, 6) is 0. The first kappa shape index (κ1) is 7.86. The van der Waals surface area contributed by atoms with E-state index in [4.69, 9.17) is 0 Å². The van der Waals surface area contributed by atoms with Crippen LogP contribution < -0.4 is 0 Å². The third kappa shape index (κ3) is 0.752. The van der Waals surface area contributed by atoms with E-state index in [0.717, 1.165) is 0 Å². The van der Waals surface area contributed by atoms with Gasteiger partial charge in [0.1, 0.15) is 0 Å². The number of aromatic amines is 1. The van der Waals surface area contributed by atoms with Crippen molar-refractivity contribution < 1.29 is 0 Å². The molecular weight excluding hydrogens is 170 g/mol. The van der Waals surface area contributed by atoms with Crippen molar-refractivity contribution in [3.63, 3.8) is 0 Å². The van der Waals surface area contributed by atoms with Gasteiger partial charge in [0.25, 0.3) is 0 Å². The summed E-state index contributed by atoms with van der Waals surface area (Å²) in [6.45, 7) is 4.57. The first-order valence-electron chi connectivity index (χ1n) is 4.98. The third-order valence-corrected chi connectivity index (χ3v) is 3.31. The van der Waals surface area contributed by atoms with E-state index in [1.807, 2.05) is 0 Å². The van der Waals surface area contributed by atoms with E-state index in [0.29, 0.717) is 0 Å². The van der Waals surface area contributed by atoms with Crippen molar-refractivity contribution in [3.05, 3.63) is 47.8 Å². The van der Waals surface area contributed by atoms with Crippen molar-refractivity contribution in [1.82, 2.24) is 4.98 Å². The molecule has 1 nitrogen and oxygen atoms in total. The Balaban J connectivity index is 2.42. The lowest BCUT2D eigenvalue weighted by Crippen LogP contribution is -2.14. The van der Waals surface area contributed by atoms with Crippen molar-refractivity contribution in [1.29, 1.82) is 0 Å². The lowest BCUT2D eigenvalue weighted by Gasteiger charge is -2.19. The zero-order chi connectivity index (χ0) is 9.76. The molecule has 70 valence electrons. The summed E-state index contributed by atoms with van der Waals surface area (Å²) in [6.07, 6.45) is 4.22. The molecule has 0 fully saturated rings. The number of aromatic nitrogens is 1. The number of nitrogens with one attached hydrogen (secondary N) is 1. The molecular formula is C13H13N. The average molecular weight is 183 g/mol. The van der Waals surface area contributed by atoms with Crippen LogP contribution in [0, 0.1) is 0 Å². The van der Waals surface area contributed by atoms with Gasteiger partial charge in [-0.25, -0.2) is 0 Å². The van der Waals surface area contributed by atoms with Gasteiger partial charge in [0.05, 0.1) is 0 Å². The largest absolute Gasteiger partial charge is 0.367 e. The van der Waals surface area contributed by atoms with Crippen LogP contribution in [0.5, 0.6) is 0 Å². The minimum absolute atomic E-state index is 0.159. The monoisotopic (exact) mass is 183 g/mol. The number of rotatable bonds is 0. The van der Waals surface area contributed by atoms with Crippen molar-refractivity contribution in [2.75, 3.05) is 0 Å². The molecule has 1 heteroatoms. The van der Waals surface area contributed by atoms with Gasteiger partial charge in [0, 0.05) is 23.4 Å². The summed E-state index contributed by atoms with van der Waals surface area (Å²) in [6, 6.07) is 8.67. The average Bonchev–Trinajstić information content (AvgIpc) is 2.72. The summed E-state index contributed by atoms with van der Waals surface area (Å²) in [7, 11) is 0. The molecule has 14 heavy (non-hydrogen) atoms. The van der Waals surface area contributed by atoms with E-state index >= 15 is 0 Å². The molecule has 2 aromatic rings. The first-order chi connectivity index (χ1) is 6.71. The second kappa shape index (κ2) is 2.30. The van der Waals surface area contributed by atoms with Gasteiger partial charge in [-0.3, -0.25) is 0 Å². The van der Waals surface area contributed by atoms with Crippen LogP contribution in [0.25, 0.3) is 11.1 Å². The van der Waals surface area contributed by atoms with Crippen LogP contribution >= 0.6 is 0 Å². The summed E-state index contributed by atoms with van der Waals surface area (Å²) < 4.78 is 0. The van der Waals surface area contributed by atoms with Crippen molar-refractivity contribution >= 4 is 0 Å². The molecule has 3 rings (SSSR count). The Morgan fingerprint density at radius 2 is 1.71 bits per heavy atom. The molecule has 0 saturated carbocycles. The molecule has 1 aromatic carbocycles. The number of hydrogen-bond donors (Lipinski definition) is 1. The van der Waals surface area contributed by atoms with Gasteiger partial charge in [0.15, 0.2) is 0 Å². The van der Waals surface area contributed by atoms with Crippen LogP contribution in [0.4, 0.5) is 0 Å². The van der Waals surface area contributed by atoms with E-state index in [1.165, 1.54) is 22.3 Å². The summed E-state index contributed by atoms with van der Waals surface area (Å²) in [5.41, 5.74) is 5.77. The van der Waals surface area contributed by atoms with E-state index in [2.05, 4.69) is 55.5 Å². The molecule has 1 N–H and O–H groups in total. The highest BCUT2D eigenvalue weighted by Crippen LogP contribution is 2.48. The molecule has 1 aliphatic rings. The van der Waals surface area contributed by atoms with Gasteiger partial charge in [-0.1, -0.05) is 38.1 Å². The predicted octanol–water partition coefficient (Wildman–Crippen LogP) is 3.32. The van der Waals surface area contributed by atoms with Crippen LogP contribution in [-0.4, -0.2) is 4.98 Å². The van der Waals surface area contributed by atoms with E-state index in [9.17, 15) is 0 Å². The highest BCUT2D eigenvalue weighted by atomic mass is 14.7. The molecule has 1 aliphatic carbocycles. The van der Waals surface area contributed by atoms with Gasteiger partial charge < -0.3 is 4.98 Å². The Hall–Kier alpha value is -1.50. The molecule has 0 saturated heterocycles. The third-order valence-electron chi connectivity index (χ3n) is 3.31. The predicted molar refractivity (Wildman–Crippen MR) is 58.4 cm³/mol. The molecule has 0 aliphatic heterocycles. The molecule has 0 amide bonds. The van der Waals surface area contributed by atoms with E-state index in [-0.39, 0.29) is 5.41 Å². The minimum Gasteiger partial charge on any atom is -0.367 e. The van der Waals surface area contributed by atoms with Gasteiger partial charge in [0.2, 0.25) is 0 Å². The van der Waals surface area contributed by atoms with Crippen LogP contribution in [0.1, 0.15) is 25.0 Å². The van der Waals surface area contributed by atoms with E-state index in [1.54, 1.807) is 0 Å². The Morgan fingerprint density at radius 3 is 2.57 bits per heavy atom. The zero-order valence-corrected chi connectivity index (χ0v) is 8.46. The van der Waals surface area contributed by atoms with Crippen molar-refractivity contribution in [2.45, 2.75) is 19.3 Å². The molecule has 0 atom stereocenters. The molecule has 0 bridgehead atoms. The number of H-pyrrole nitrogens is 1. The van der Waals surface area contributed by atoms with Crippen LogP contribution in [0.3, 0.4) is 0 Å². The second-order valence-electron chi connectivity index (χ2n) is 4.45. The summed E-state index contributed by atoms with van der Waals surface area (Å²) in [5, 5.41) is 0. The van der Waals surface area contributed by atoms with Crippen molar-refractivity contribution in [3.8, 4) is 11.1 Å². The van der Waals surface area contributed by atoms with E-state index < -0.39 is 0 Å². The zero-order valence-electron chi connectivity index (χ0n) is 8.46. The smallest absolute Gasteiger partial charge is 0.0173 e. The summed E-state index contributed by atoms with van der Waals surface area (Å²) >= 11 is 0. The maximum Gasteiger partial charge on any atom is 0.0173 e. The Kier molecular flexibility index (Phi) is 1.29. The molecule has 0 radical (unpaired) electrons. The normalized spacial score (nSPS) is 16.4. The maximum atomic E-state index is 3.20. The SMILES string of the molecule is CC1(C)c2ccccc2-c2c[nH]cc21. The molecule has 0 unspecified atom stereocenters. The highest BCUT2D eigenvalue weighted by Gasteiger charge is 2.35. The van der Waals surface area contributed by atoms with Gasteiger partial charge >= 0.3 is 0 Å². The number of hydrogen-bond acceptors (Lipinski definition) is 0. The highest BCUT2D eigenvalue weighted by molar-refractivity contribution is 5.80. The lowest BCUT2D eigenvalue weighted by atomic mass is 9.83. The quantitative estimate of drug-likeness (QED) is 0.645. The topological polar surface area (TPSA) is 15.8 Å². The summed E-state index contributed by atoms with van der Waals surface area (Å²) in [4.78, 5) is 3.20. The fourth-order valence-corrected chi connectivity index (χ4v) is 2.51. The molecule has 1 heterocycles. The van der Waals surface area contributed by atoms with Crippen molar-refractivity contribution in [2.24, 2.45) is 0 Å². The fourth-order valence-electron chi connectivity index (χ4n) is 2.51. The standard InChI is InChI=1S/C13H13N/c1-13(2)11-6-4-3-5-9(11)10-7-14-8-12(10)13/h3-8,14H,1-2H3. The Bertz CT molecular complexity index is 491. The Labute approximate surface area is 83.8 Å². The van der Waals surface area contributed by atoms with Gasteiger partial charge in [-0.05, 0) is 16.7 Å². The lowest BCUT2D eigenvalue weighted by molar-refractivity contribution is 0.660. The molecule has 0 spiro atoms. The Morgan fingerprint density at radius 1 is 0.929 bits per heavy atom. The molecule has 1 aromatic heterocycles. The fraction of sp³-hybridized carbons (Fsp3) is 0.231. The number of fused-ring (bicyclic) bond motifs is 3.